The van der Waals surface area contributed by atoms with Crippen molar-refractivity contribution in [3.63, 3.8) is 0 Å². The fourth-order valence-corrected chi connectivity index (χ4v) is 5.01. The molecule has 5 rings (SSSR count). The molecule has 6 unspecified atom stereocenters. The molecule has 9 heteroatoms. The molecule has 0 spiro atoms. The van der Waals surface area contributed by atoms with Crippen LogP contribution in [-0.2, 0) is 4.79 Å². The van der Waals surface area contributed by atoms with E-state index in [1.54, 1.807) is 17.3 Å². The van der Waals surface area contributed by atoms with Crippen LogP contribution in [0.25, 0.3) is 0 Å². The number of hydrogen-bond donors (Lipinski definition) is 5. The van der Waals surface area contributed by atoms with E-state index in [0.717, 1.165) is 37.2 Å². The molecule has 1 saturated carbocycles. The van der Waals surface area contributed by atoms with Gasteiger partial charge in [-0.25, -0.2) is 10.4 Å². The van der Waals surface area contributed by atoms with Crippen molar-refractivity contribution in [2.24, 2.45) is 17.6 Å². The van der Waals surface area contributed by atoms with Crippen LogP contribution < -0.4 is 27.3 Å². The second-order valence-electron chi connectivity index (χ2n) is 7.88. The van der Waals surface area contributed by atoms with E-state index in [2.05, 4.69) is 26.6 Å². The van der Waals surface area contributed by atoms with Crippen molar-refractivity contribution in [2.45, 2.75) is 43.6 Å². The SMILES string of the molecule is NC1NN2C(=O)C=C(C3CCC4NNCC4C3)NC2C1c1ccc(Cl)cn1. The molecule has 27 heavy (non-hydrogen) atoms. The maximum absolute atomic E-state index is 12.8. The Morgan fingerprint density at radius 2 is 2.19 bits per heavy atom. The summed E-state index contributed by atoms with van der Waals surface area (Å²) in [7, 11) is 0. The Morgan fingerprint density at radius 3 is 3.00 bits per heavy atom. The standard InChI is InChI=1S/C18H24ClN7O/c19-11-2-4-13(21-8-11)16-17(20)25-26-15(27)6-14(23-18(16)26)9-1-3-12-10(5-9)7-22-24-12/h2,4,6,8-10,12,16-18,22-25H,1,3,5,7,20H2. The van der Waals surface area contributed by atoms with E-state index in [4.69, 9.17) is 17.3 Å². The molecule has 144 valence electrons. The average molecular weight is 390 g/mol. The highest BCUT2D eigenvalue weighted by atomic mass is 35.5. The van der Waals surface area contributed by atoms with Crippen LogP contribution in [-0.4, -0.2) is 40.8 Å². The minimum absolute atomic E-state index is 0.0505. The summed E-state index contributed by atoms with van der Waals surface area (Å²) in [5.41, 5.74) is 17.9. The molecule has 2 saturated heterocycles. The molecule has 3 fully saturated rings. The molecule has 1 aliphatic carbocycles. The lowest BCUT2D eigenvalue weighted by molar-refractivity contribution is -0.131. The zero-order chi connectivity index (χ0) is 18.5. The minimum Gasteiger partial charge on any atom is -0.366 e. The van der Waals surface area contributed by atoms with Crippen molar-refractivity contribution < 1.29 is 4.79 Å². The second-order valence-corrected chi connectivity index (χ2v) is 8.32. The number of hydrazine groups is 2. The molecular formula is C18H24ClN7O. The number of nitrogens with zero attached hydrogens (tertiary/aromatic N) is 2. The van der Waals surface area contributed by atoms with Crippen LogP contribution in [0.4, 0.5) is 0 Å². The van der Waals surface area contributed by atoms with Crippen LogP contribution in [0.3, 0.4) is 0 Å². The van der Waals surface area contributed by atoms with E-state index in [1.807, 2.05) is 12.1 Å². The summed E-state index contributed by atoms with van der Waals surface area (Å²) in [6.45, 7) is 0.988. The van der Waals surface area contributed by atoms with Gasteiger partial charge < -0.3 is 11.1 Å². The molecule has 6 atom stereocenters. The smallest absolute Gasteiger partial charge is 0.264 e. The van der Waals surface area contributed by atoms with Gasteiger partial charge in [0.05, 0.1) is 22.8 Å². The number of carbonyl (C=O) groups excluding carboxylic acids is 1. The van der Waals surface area contributed by atoms with Gasteiger partial charge in [-0.05, 0) is 43.2 Å². The molecule has 0 bridgehead atoms. The minimum atomic E-state index is -0.396. The van der Waals surface area contributed by atoms with Gasteiger partial charge in [-0.3, -0.25) is 20.6 Å². The van der Waals surface area contributed by atoms with Gasteiger partial charge in [0, 0.05) is 30.6 Å². The summed E-state index contributed by atoms with van der Waals surface area (Å²) >= 11 is 5.98. The van der Waals surface area contributed by atoms with E-state index in [0.29, 0.717) is 22.9 Å². The van der Waals surface area contributed by atoms with Crippen molar-refractivity contribution in [1.82, 2.24) is 31.6 Å². The fourth-order valence-electron chi connectivity index (χ4n) is 4.90. The van der Waals surface area contributed by atoms with Gasteiger partial charge in [-0.1, -0.05) is 11.6 Å². The number of hydrogen-bond acceptors (Lipinski definition) is 7. The van der Waals surface area contributed by atoms with Crippen LogP contribution in [0.1, 0.15) is 30.9 Å². The summed E-state index contributed by atoms with van der Waals surface area (Å²) < 4.78 is 0. The van der Waals surface area contributed by atoms with Crippen LogP contribution >= 0.6 is 11.6 Å². The van der Waals surface area contributed by atoms with Crippen LogP contribution in [0, 0.1) is 11.8 Å². The van der Waals surface area contributed by atoms with Crippen LogP contribution in [0.2, 0.25) is 5.02 Å². The molecule has 0 aromatic carbocycles. The molecule has 8 nitrogen and oxygen atoms in total. The summed E-state index contributed by atoms with van der Waals surface area (Å²) in [5.74, 6) is 0.776. The number of fused-ring (bicyclic) bond motifs is 2. The lowest BCUT2D eigenvalue weighted by Gasteiger charge is -2.38. The van der Waals surface area contributed by atoms with Crippen LogP contribution in [0.15, 0.2) is 30.1 Å². The Balaban J connectivity index is 1.39. The van der Waals surface area contributed by atoms with Gasteiger partial charge in [-0.15, -0.1) is 0 Å². The third-order valence-electron chi connectivity index (χ3n) is 6.29. The third kappa shape index (κ3) is 3.01. The first-order valence-corrected chi connectivity index (χ1v) is 9.91. The van der Waals surface area contributed by atoms with Gasteiger partial charge in [0.2, 0.25) is 0 Å². The number of rotatable bonds is 2. The normalized spacial score (nSPS) is 38.2. The zero-order valence-electron chi connectivity index (χ0n) is 14.9. The Bertz CT molecular complexity index is 769. The topological polar surface area (TPSA) is 107 Å². The summed E-state index contributed by atoms with van der Waals surface area (Å²) in [4.78, 5) is 17.2. The van der Waals surface area contributed by atoms with Gasteiger partial charge in [0.15, 0.2) is 0 Å². The largest absolute Gasteiger partial charge is 0.366 e. The highest BCUT2D eigenvalue weighted by Crippen LogP contribution is 2.38. The first kappa shape index (κ1) is 17.4. The molecule has 0 radical (unpaired) electrons. The van der Waals surface area contributed by atoms with Gasteiger partial charge in [0.1, 0.15) is 6.17 Å². The van der Waals surface area contributed by atoms with Crippen molar-refractivity contribution >= 4 is 17.5 Å². The summed E-state index contributed by atoms with van der Waals surface area (Å²) in [5, 5.41) is 5.78. The molecule has 6 N–H and O–H groups in total. The van der Waals surface area contributed by atoms with E-state index < -0.39 is 6.17 Å². The average Bonchev–Trinajstić information content (AvgIpc) is 3.26. The zero-order valence-corrected chi connectivity index (χ0v) is 15.6. The number of nitrogens with one attached hydrogen (secondary N) is 4. The number of aromatic nitrogens is 1. The monoisotopic (exact) mass is 389 g/mol. The van der Waals surface area contributed by atoms with Gasteiger partial charge in [0.25, 0.3) is 5.91 Å². The molecule has 1 aromatic heterocycles. The highest BCUT2D eigenvalue weighted by Gasteiger charge is 2.47. The predicted octanol–water partition coefficient (Wildman–Crippen LogP) is 0.156. The number of amides is 1. The molecule has 4 heterocycles. The highest BCUT2D eigenvalue weighted by molar-refractivity contribution is 6.30. The maximum atomic E-state index is 12.8. The summed E-state index contributed by atoms with van der Waals surface area (Å²) in [6.07, 6.45) is 5.96. The van der Waals surface area contributed by atoms with Gasteiger partial charge in [-0.2, -0.15) is 0 Å². The fraction of sp³-hybridized carbons (Fsp3) is 0.556. The van der Waals surface area contributed by atoms with Crippen molar-refractivity contribution in [3.05, 3.63) is 40.8 Å². The number of pyridine rings is 1. The number of halogens is 1. The second kappa shape index (κ2) is 6.72. The predicted molar refractivity (Wildman–Crippen MR) is 101 cm³/mol. The molecule has 1 aromatic rings. The van der Waals surface area contributed by atoms with E-state index in [1.165, 1.54) is 0 Å². The molecular weight excluding hydrogens is 366 g/mol. The molecule has 4 aliphatic rings. The van der Waals surface area contributed by atoms with Crippen molar-refractivity contribution in [1.29, 1.82) is 0 Å². The summed E-state index contributed by atoms with van der Waals surface area (Å²) in [6, 6.07) is 4.23. The third-order valence-corrected chi connectivity index (χ3v) is 6.51. The number of nitrogens with two attached hydrogens (primary N) is 1. The first-order valence-electron chi connectivity index (χ1n) is 9.53. The number of carbonyl (C=O) groups is 1. The first-order chi connectivity index (χ1) is 13.1. The van der Waals surface area contributed by atoms with Crippen molar-refractivity contribution in [2.75, 3.05) is 6.54 Å². The molecule has 3 aliphatic heterocycles. The van der Waals surface area contributed by atoms with E-state index in [9.17, 15) is 4.79 Å². The molecule has 1 amide bonds. The Kier molecular flexibility index (Phi) is 4.33. The van der Waals surface area contributed by atoms with E-state index in [-0.39, 0.29) is 18.0 Å². The Labute approximate surface area is 162 Å². The quantitative estimate of drug-likeness (QED) is 0.490. The lowest BCUT2D eigenvalue weighted by Crippen LogP contribution is -2.54. The van der Waals surface area contributed by atoms with Crippen LogP contribution in [0.5, 0.6) is 0 Å². The number of allylic oxidation sites excluding steroid dienone is 1. The Morgan fingerprint density at radius 1 is 1.30 bits per heavy atom. The maximum Gasteiger partial charge on any atom is 0.264 e. The lowest BCUT2D eigenvalue weighted by atomic mass is 9.77. The van der Waals surface area contributed by atoms with Crippen molar-refractivity contribution in [3.8, 4) is 0 Å². The van der Waals surface area contributed by atoms with E-state index >= 15 is 0 Å². The Hall–Kier alpha value is -1.71. The van der Waals surface area contributed by atoms with Gasteiger partial charge >= 0.3 is 0 Å².